The van der Waals surface area contributed by atoms with Gasteiger partial charge in [0.2, 0.25) is 0 Å². The Labute approximate surface area is 115 Å². The molecule has 0 spiro atoms. The molecule has 0 aliphatic heterocycles. The molecule has 19 heavy (non-hydrogen) atoms. The first-order valence-electron chi connectivity index (χ1n) is 6.63. The van der Waals surface area contributed by atoms with Crippen LogP contribution in [0.15, 0.2) is 28.2 Å². The zero-order valence-electron chi connectivity index (χ0n) is 11.4. The summed E-state index contributed by atoms with van der Waals surface area (Å²) in [6.45, 7) is 3.67. The van der Waals surface area contributed by atoms with Gasteiger partial charge < -0.3 is 0 Å². The highest BCUT2D eigenvalue weighted by molar-refractivity contribution is 7.89. The van der Waals surface area contributed by atoms with Crippen LogP contribution in [-0.4, -0.2) is 14.1 Å². The number of hydrazone groups is 1. The number of benzene rings is 1. The summed E-state index contributed by atoms with van der Waals surface area (Å²) < 4.78 is 24.5. The molecule has 0 amide bonds. The predicted molar refractivity (Wildman–Crippen MR) is 76.8 cm³/mol. The van der Waals surface area contributed by atoms with Crippen molar-refractivity contribution in [1.82, 2.24) is 4.83 Å². The van der Waals surface area contributed by atoms with E-state index in [1.54, 1.807) is 13.0 Å². The Morgan fingerprint density at radius 2 is 1.79 bits per heavy atom. The molecule has 0 heterocycles. The van der Waals surface area contributed by atoms with E-state index in [4.69, 9.17) is 0 Å². The highest BCUT2D eigenvalue weighted by Crippen LogP contribution is 2.18. The maximum atomic E-state index is 12.2. The maximum absolute atomic E-state index is 12.2. The van der Waals surface area contributed by atoms with E-state index in [1.807, 2.05) is 19.1 Å². The molecule has 1 aromatic carbocycles. The zero-order valence-corrected chi connectivity index (χ0v) is 12.3. The molecule has 0 saturated heterocycles. The molecule has 2 rings (SSSR count). The topological polar surface area (TPSA) is 58.5 Å². The Kier molecular flexibility index (Phi) is 4.24. The minimum Gasteiger partial charge on any atom is -0.200 e. The standard InChI is InChI=1S/C14H20N2O2S/c1-11-8-9-12(2)14(10-11)19(17,18)16-15-13-6-4-3-5-7-13/h8-10,16H,3-7H2,1-2H3. The Balaban J connectivity index is 2.20. The number of hydrogen-bond acceptors (Lipinski definition) is 3. The van der Waals surface area contributed by atoms with Gasteiger partial charge >= 0.3 is 0 Å². The lowest BCUT2D eigenvalue weighted by molar-refractivity contribution is 0.582. The van der Waals surface area contributed by atoms with Crippen LogP contribution in [0, 0.1) is 13.8 Å². The molecule has 1 N–H and O–H groups in total. The van der Waals surface area contributed by atoms with Crippen LogP contribution in [0.3, 0.4) is 0 Å². The Morgan fingerprint density at radius 3 is 2.47 bits per heavy atom. The molecular formula is C14H20N2O2S. The lowest BCUT2D eigenvalue weighted by atomic mass is 9.99. The number of sulfonamides is 1. The second kappa shape index (κ2) is 5.74. The molecule has 5 heteroatoms. The van der Waals surface area contributed by atoms with E-state index in [-0.39, 0.29) is 0 Å². The summed E-state index contributed by atoms with van der Waals surface area (Å²) in [5.74, 6) is 0. The molecule has 1 aliphatic carbocycles. The van der Waals surface area contributed by atoms with Crippen molar-refractivity contribution < 1.29 is 8.42 Å². The average Bonchev–Trinajstić information content (AvgIpc) is 2.40. The van der Waals surface area contributed by atoms with Crippen molar-refractivity contribution in [3.05, 3.63) is 29.3 Å². The van der Waals surface area contributed by atoms with Gasteiger partial charge in [-0.15, -0.1) is 0 Å². The monoisotopic (exact) mass is 280 g/mol. The summed E-state index contributed by atoms with van der Waals surface area (Å²) in [6, 6.07) is 5.40. The molecule has 1 fully saturated rings. The largest absolute Gasteiger partial charge is 0.276 e. The third-order valence-electron chi connectivity index (χ3n) is 3.39. The smallest absolute Gasteiger partial charge is 0.200 e. The van der Waals surface area contributed by atoms with Gasteiger partial charge in [-0.2, -0.15) is 13.5 Å². The van der Waals surface area contributed by atoms with Gasteiger partial charge in [0.05, 0.1) is 4.90 Å². The van der Waals surface area contributed by atoms with Crippen LogP contribution < -0.4 is 4.83 Å². The Hall–Kier alpha value is -1.36. The first-order chi connectivity index (χ1) is 8.99. The van der Waals surface area contributed by atoms with Gasteiger partial charge in [0.25, 0.3) is 10.0 Å². The van der Waals surface area contributed by atoms with Gasteiger partial charge in [0.15, 0.2) is 0 Å². The number of aryl methyl sites for hydroxylation is 2. The summed E-state index contributed by atoms with van der Waals surface area (Å²) in [6.07, 6.45) is 5.21. The van der Waals surface area contributed by atoms with E-state index in [0.717, 1.165) is 42.5 Å². The van der Waals surface area contributed by atoms with Crippen LogP contribution in [-0.2, 0) is 10.0 Å². The summed E-state index contributed by atoms with van der Waals surface area (Å²) in [5, 5.41) is 4.08. The fourth-order valence-electron chi connectivity index (χ4n) is 2.24. The zero-order chi connectivity index (χ0) is 13.9. The molecule has 0 bridgehead atoms. The molecular weight excluding hydrogens is 260 g/mol. The number of nitrogens with one attached hydrogen (secondary N) is 1. The first kappa shape index (κ1) is 14.1. The first-order valence-corrected chi connectivity index (χ1v) is 8.12. The van der Waals surface area contributed by atoms with Crippen LogP contribution in [0.25, 0.3) is 0 Å². The summed E-state index contributed by atoms with van der Waals surface area (Å²) >= 11 is 0. The Morgan fingerprint density at radius 1 is 1.11 bits per heavy atom. The van der Waals surface area contributed by atoms with Gasteiger partial charge in [-0.3, -0.25) is 0 Å². The highest BCUT2D eigenvalue weighted by atomic mass is 32.2. The molecule has 4 nitrogen and oxygen atoms in total. The second-order valence-corrected chi connectivity index (χ2v) is 6.73. The predicted octanol–water partition coefficient (Wildman–Crippen LogP) is 2.90. The SMILES string of the molecule is Cc1ccc(C)c(S(=O)(=O)NN=C2CCCCC2)c1. The van der Waals surface area contributed by atoms with Crippen molar-refractivity contribution in [2.24, 2.45) is 5.10 Å². The van der Waals surface area contributed by atoms with Crippen LogP contribution in [0.4, 0.5) is 0 Å². The van der Waals surface area contributed by atoms with Crippen molar-refractivity contribution in [3.63, 3.8) is 0 Å². The fraction of sp³-hybridized carbons (Fsp3) is 0.500. The molecule has 0 unspecified atom stereocenters. The van der Waals surface area contributed by atoms with Crippen molar-refractivity contribution in [3.8, 4) is 0 Å². The van der Waals surface area contributed by atoms with E-state index in [1.165, 1.54) is 6.42 Å². The third kappa shape index (κ3) is 3.56. The van der Waals surface area contributed by atoms with Crippen LogP contribution >= 0.6 is 0 Å². The van der Waals surface area contributed by atoms with Crippen molar-refractivity contribution >= 4 is 15.7 Å². The fourth-order valence-corrected chi connectivity index (χ4v) is 3.42. The van der Waals surface area contributed by atoms with E-state index in [9.17, 15) is 8.42 Å². The summed E-state index contributed by atoms with van der Waals surface area (Å²) in [5.41, 5.74) is 2.62. The van der Waals surface area contributed by atoms with Crippen molar-refractivity contribution in [1.29, 1.82) is 0 Å². The van der Waals surface area contributed by atoms with Crippen molar-refractivity contribution in [2.45, 2.75) is 50.8 Å². The van der Waals surface area contributed by atoms with Crippen LogP contribution in [0.2, 0.25) is 0 Å². The van der Waals surface area contributed by atoms with Gasteiger partial charge in [-0.05, 0) is 56.7 Å². The van der Waals surface area contributed by atoms with E-state index >= 15 is 0 Å². The lowest BCUT2D eigenvalue weighted by Gasteiger charge is -2.13. The molecule has 0 radical (unpaired) electrons. The molecule has 1 aliphatic rings. The minimum atomic E-state index is -3.55. The summed E-state index contributed by atoms with van der Waals surface area (Å²) in [4.78, 5) is 2.69. The molecule has 1 saturated carbocycles. The number of rotatable bonds is 3. The van der Waals surface area contributed by atoms with Crippen LogP contribution in [0.1, 0.15) is 43.2 Å². The molecule has 1 aromatic rings. The minimum absolute atomic E-state index is 0.313. The molecule has 0 aromatic heterocycles. The van der Waals surface area contributed by atoms with E-state index in [2.05, 4.69) is 9.93 Å². The maximum Gasteiger partial charge on any atom is 0.276 e. The van der Waals surface area contributed by atoms with Gasteiger partial charge in [0, 0.05) is 5.71 Å². The van der Waals surface area contributed by atoms with Gasteiger partial charge in [-0.25, -0.2) is 4.83 Å². The quantitative estimate of drug-likeness (QED) is 0.865. The van der Waals surface area contributed by atoms with E-state index < -0.39 is 10.0 Å². The van der Waals surface area contributed by atoms with E-state index in [0.29, 0.717) is 4.90 Å². The number of nitrogens with zero attached hydrogens (tertiary/aromatic N) is 1. The lowest BCUT2D eigenvalue weighted by Crippen LogP contribution is -2.22. The summed E-state index contributed by atoms with van der Waals surface area (Å²) in [7, 11) is -3.55. The molecule has 104 valence electrons. The normalized spacial score (nSPS) is 16.2. The second-order valence-electron chi connectivity index (χ2n) is 5.10. The van der Waals surface area contributed by atoms with Gasteiger partial charge in [-0.1, -0.05) is 18.6 Å². The third-order valence-corrected chi connectivity index (χ3v) is 4.74. The average molecular weight is 280 g/mol. The van der Waals surface area contributed by atoms with Crippen LogP contribution in [0.5, 0.6) is 0 Å². The highest BCUT2D eigenvalue weighted by Gasteiger charge is 2.17. The number of hydrogen-bond donors (Lipinski definition) is 1. The Bertz CT molecular complexity index is 583. The van der Waals surface area contributed by atoms with Gasteiger partial charge in [0.1, 0.15) is 0 Å². The van der Waals surface area contributed by atoms with Crippen molar-refractivity contribution in [2.75, 3.05) is 0 Å². The molecule has 0 atom stereocenters.